The molecule has 2 heterocycles. The fraction of sp³-hybridized carbons (Fsp3) is 0.261. The maximum absolute atomic E-state index is 12.9. The Hall–Kier alpha value is -3.61. The van der Waals surface area contributed by atoms with Gasteiger partial charge in [0.05, 0.1) is 0 Å². The summed E-state index contributed by atoms with van der Waals surface area (Å²) in [6.45, 7) is 2.82. The van der Waals surface area contributed by atoms with Crippen molar-refractivity contribution in [2.24, 2.45) is 5.92 Å². The molecule has 1 saturated heterocycles. The highest BCUT2D eigenvalue weighted by molar-refractivity contribution is 5.95. The van der Waals surface area contributed by atoms with Crippen molar-refractivity contribution < 1.29 is 18.8 Å². The van der Waals surface area contributed by atoms with Gasteiger partial charge < -0.3 is 19.5 Å². The van der Waals surface area contributed by atoms with Gasteiger partial charge in [0.1, 0.15) is 17.3 Å². The van der Waals surface area contributed by atoms with Crippen LogP contribution in [0.25, 0.3) is 0 Å². The second-order valence-corrected chi connectivity index (χ2v) is 7.32. The maximum atomic E-state index is 12.9. The number of carbonyl (C=O) groups is 2. The van der Waals surface area contributed by atoms with E-state index in [9.17, 15) is 9.59 Å². The molecule has 0 bridgehead atoms. The lowest BCUT2D eigenvalue weighted by Crippen LogP contribution is -2.41. The van der Waals surface area contributed by atoms with Crippen LogP contribution in [0, 0.1) is 12.8 Å². The third-order valence-corrected chi connectivity index (χ3v) is 5.09. The molecule has 154 valence electrons. The van der Waals surface area contributed by atoms with Gasteiger partial charge in [0, 0.05) is 30.6 Å². The second-order valence-electron chi connectivity index (χ2n) is 7.32. The number of para-hydroxylation sites is 1. The number of hydrogen-bond acceptors (Lipinski definition) is 5. The van der Waals surface area contributed by atoms with Gasteiger partial charge in [-0.2, -0.15) is 0 Å². The number of aryl methyl sites for hydroxylation is 1. The molecule has 0 unspecified atom stereocenters. The lowest BCUT2D eigenvalue weighted by Gasteiger charge is -2.31. The highest BCUT2D eigenvalue weighted by atomic mass is 16.5. The van der Waals surface area contributed by atoms with Gasteiger partial charge in [0.2, 0.25) is 5.91 Å². The summed E-state index contributed by atoms with van der Waals surface area (Å²) in [6, 6.07) is 18.3. The minimum Gasteiger partial charge on any atom is -0.457 e. The molecule has 1 aromatic heterocycles. The first-order valence-electron chi connectivity index (χ1n) is 9.95. The molecule has 30 heavy (non-hydrogen) atoms. The van der Waals surface area contributed by atoms with Crippen LogP contribution in [0.5, 0.6) is 11.5 Å². The van der Waals surface area contributed by atoms with Crippen molar-refractivity contribution in [3.63, 3.8) is 0 Å². The predicted molar refractivity (Wildman–Crippen MR) is 111 cm³/mol. The van der Waals surface area contributed by atoms with Crippen LogP contribution in [0.3, 0.4) is 0 Å². The summed E-state index contributed by atoms with van der Waals surface area (Å²) >= 11 is 0. The zero-order valence-electron chi connectivity index (χ0n) is 16.7. The molecule has 0 radical (unpaired) electrons. The molecule has 3 aromatic rings. The first-order chi connectivity index (χ1) is 14.6. The van der Waals surface area contributed by atoms with Gasteiger partial charge in [0.15, 0.2) is 5.82 Å². The highest BCUT2D eigenvalue weighted by Gasteiger charge is 2.28. The number of nitrogens with one attached hydrogen (secondary N) is 1. The van der Waals surface area contributed by atoms with E-state index in [1.807, 2.05) is 42.5 Å². The predicted octanol–water partition coefficient (Wildman–Crippen LogP) is 4.27. The summed E-state index contributed by atoms with van der Waals surface area (Å²) in [5.41, 5.74) is 0.574. The van der Waals surface area contributed by atoms with Crippen LogP contribution in [-0.4, -0.2) is 35.0 Å². The summed E-state index contributed by atoms with van der Waals surface area (Å²) in [5.74, 6) is 2.10. The van der Waals surface area contributed by atoms with Crippen molar-refractivity contribution >= 4 is 17.6 Å². The Bertz CT molecular complexity index is 1020. The largest absolute Gasteiger partial charge is 0.457 e. The summed E-state index contributed by atoms with van der Waals surface area (Å²) in [4.78, 5) is 27.1. The normalized spacial score (nSPS) is 14.4. The summed E-state index contributed by atoms with van der Waals surface area (Å²) in [5, 5.41) is 6.56. The van der Waals surface area contributed by atoms with E-state index >= 15 is 0 Å². The van der Waals surface area contributed by atoms with Crippen molar-refractivity contribution in [3.8, 4) is 11.5 Å². The number of ether oxygens (including phenoxy) is 1. The first-order valence-corrected chi connectivity index (χ1v) is 9.95. The van der Waals surface area contributed by atoms with E-state index in [0.717, 1.165) is 5.75 Å². The third kappa shape index (κ3) is 4.68. The molecular formula is C23H23N3O4. The van der Waals surface area contributed by atoms with Crippen LogP contribution < -0.4 is 10.1 Å². The Morgan fingerprint density at radius 3 is 2.47 bits per heavy atom. The van der Waals surface area contributed by atoms with Crippen molar-refractivity contribution in [1.82, 2.24) is 10.1 Å². The zero-order chi connectivity index (χ0) is 20.9. The number of rotatable bonds is 5. The van der Waals surface area contributed by atoms with Gasteiger partial charge in [-0.1, -0.05) is 29.4 Å². The molecule has 7 nitrogen and oxygen atoms in total. The number of benzene rings is 2. The molecule has 1 aliphatic rings. The molecule has 7 heteroatoms. The molecule has 2 amide bonds. The smallest absolute Gasteiger partial charge is 0.253 e. The number of carbonyl (C=O) groups excluding carboxylic acids is 2. The zero-order valence-corrected chi connectivity index (χ0v) is 16.7. The molecule has 2 aromatic carbocycles. The number of hydrogen-bond donors (Lipinski definition) is 1. The summed E-state index contributed by atoms with van der Waals surface area (Å²) < 4.78 is 10.8. The van der Waals surface area contributed by atoms with E-state index in [1.165, 1.54) is 0 Å². The van der Waals surface area contributed by atoms with E-state index in [0.29, 0.717) is 48.8 Å². The van der Waals surface area contributed by atoms with Crippen LogP contribution in [0.4, 0.5) is 5.82 Å². The minimum absolute atomic E-state index is 0.0560. The Morgan fingerprint density at radius 1 is 1.03 bits per heavy atom. The van der Waals surface area contributed by atoms with Gasteiger partial charge in [-0.15, -0.1) is 0 Å². The standard InChI is InChI=1S/C23H23N3O4/c1-16-14-21(25-30-16)24-22(27)17-10-12-26(13-11-17)23(28)18-6-5-9-20(15-18)29-19-7-3-2-4-8-19/h2-9,14-15,17H,10-13H2,1H3,(H,24,25,27). The van der Waals surface area contributed by atoms with Crippen LogP contribution in [0.15, 0.2) is 65.2 Å². The molecule has 1 fully saturated rings. The number of anilines is 1. The Balaban J connectivity index is 1.34. The van der Waals surface area contributed by atoms with Gasteiger partial charge in [-0.3, -0.25) is 9.59 Å². The number of piperidine rings is 1. The van der Waals surface area contributed by atoms with Crippen molar-refractivity contribution in [2.45, 2.75) is 19.8 Å². The molecule has 0 atom stereocenters. The first kappa shape index (κ1) is 19.7. The van der Waals surface area contributed by atoms with Gasteiger partial charge in [0.25, 0.3) is 5.91 Å². The van der Waals surface area contributed by atoms with E-state index < -0.39 is 0 Å². The van der Waals surface area contributed by atoms with E-state index in [2.05, 4.69) is 10.5 Å². The van der Waals surface area contributed by atoms with Gasteiger partial charge in [-0.25, -0.2) is 0 Å². The minimum atomic E-state index is -0.154. The molecule has 1 N–H and O–H groups in total. The fourth-order valence-electron chi connectivity index (χ4n) is 3.50. The second kappa shape index (κ2) is 8.82. The Labute approximate surface area is 174 Å². The molecule has 0 spiro atoms. The van der Waals surface area contributed by atoms with Crippen LogP contribution in [0.1, 0.15) is 29.0 Å². The molecular weight excluding hydrogens is 382 g/mol. The fourth-order valence-corrected chi connectivity index (χ4v) is 3.50. The number of nitrogens with zero attached hydrogens (tertiary/aromatic N) is 2. The van der Waals surface area contributed by atoms with Crippen molar-refractivity contribution in [2.75, 3.05) is 18.4 Å². The van der Waals surface area contributed by atoms with Gasteiger partial charge >= 0.3 is 0 Å². The lowest BCUT2D eigenvalue weighted by molar-refractivity contribution is -0.121. The van der Waals surface area contributed by atoms with Crippen molar-refractivity contribution in [3.05, 3.63) is 72.0 Å². The molecule has 4 rings (SSSR count). The summed E-state index contributed by atoms with van der Waals surface area (Å²) in [7, 11) is 0. The topological polar surface area (TPSA) is 84.7 Å². The van der Waals surface area contributed by atoms with Gasteiger partial charge in [-0.05, 0) is 50.1 Å². The average Bonchev–Trinajstić information content (AvgIpc) is 3.18. The number of aromatic nitrogens is 1. The van der Waals surface area contributed by atoms with E-state index in [4.69, 9.17) is 9.26 Å². The van der Waals surface area contributed by atoms with Crippen molar-refractivity contribution in [1.29, 1.82) is 0 Å². The molecule has 1 aliphatic heterocycles. The van der Waals surface area contributed by atoms with Crippen LogP contribution >= 0.6 is 0 Å². The quantitative estimate of drug-likeness (QED) is 0.685. The SMILES string of the molecule is Cc1cc(NC(=O)C2CCN(C(=O)c3cccc(Oc4ccccc4)c3)CC2)no1. The Morgan fingerprint density at radius 2 is 1.77 bits per heavy atom. The van der Waals surface area contributed by atoms with Crippen LogP contribution in [-0.2, 0) is 4.79 Å². The average molecular weight is 405 g/mol. The molecule has 0 aliphatic carbocycles. The highest BCUT2D eigenvalue weighted by Crippen LogP contribution is 2.25. The number of likely N-dealkylation sites (tertiary alicyclic amines) is 1. The van der Waals surface area contributed by atoms with E-state index in [1.54, 1.807) is 30.0 Å². The molecule has 0 saturated carbocycles. The summed E-state index contributed by atoms with van der Waals surface area (Å²) in [6.07, 6.45) is 1.21. The van der Waals surface area contributed by atoms with E-state index in [-0.39, 0.29) is 17.7 Å². The Kier molecular flexibility index (Phi) is 5.79. The lowest BCUT2D eigenvalue weighted by atomic mass is 9.95. The maximum Gasteiger partial charge on any atom is 0.253 e. The number of amides is 2. The monoisotopic (exact) mass is 405 g/mol. The third-order valence-electron chi connectivity index (χ3n) is 5.09. The van der Waals surface area contributed by atoms with Crippen LogP contribution in [0.2, 0.25) is 0 Å².